The molecule has 0 aromatic carbocycles. The molecule has 70 valence electrons. The van der Waals surface area contributed by atoms with Crippen LogP contribution in [0.25, 0.3) is 0 Å². The van der Waals surface area contributed by atoms with Crippen LogP contribution in [0.4, 0.5) is 0 Å². The molecule has 13 heavy (non-hydrogen) atoms. The van der Waals surface area contributed by atoms with Gasteiger partial charge in [-0.05, 0) is 12.8 Å². The van der Waals surface area contributed by atoms with Crippen LogP contribution in [-0.2, 0) is 14.3 Å². The Morgan fingerprint density at radius 3 is 1.85 bits per heavy atom. The van der Waals surface area contributed by atoms with Gasteiger partial charge in [0.15, 0.2) is 9.75 Å². The number of hydrogen-bond donors (Lipinski definition) is 0. The molecule has 1 fully saturated rings. The molecule has 0 N–H and O–H groups in total. The highest BCUT2D eigenvalue weighted by Crippen LogP contribution is 2.49. The minimum atomic E-state index is -1.40. The SMILES string of the molecule is O=C1OC(=O)C2(Cl)CC=CCC12Cl. The first-order chi connectivity index (χ1) is 6.01. The molecule has 0 aromatic heterocycles. The lowest BCUT2D eigenvalue weighted by atomic mass is 9.83. The highest BCUT2D eigenvalue weighted by molar-refractivity contribution is 6.51. The van der Waals surface area contributed by atoms with Crippen LogP contribution in [0.15, 0.2) is 12.2 Å². The zero-order chi connectivity index (χ0) is 9.69. The normalized spacial score (nSPS) is 43.2. The average Bonchev–Trinajstić information content (AvgIpc) is 2.25. The second-order valence-electron chi connectivity index (χ2n) is 3.16. The zero-order valence-corrected chi connectivity index (χ0v) is 8.06. The molecule has 3 nitrogen and oxygen atoms in total. The maximum atomic E-state index is 11.3. The number of ether oxygens (including phenoxy) is 1. The Bertz CT molecular complexity index is 295. The molecule has 0 spiro atoms. The van der Waals surface area contributed by atoms with Gasteiger partial charge in [-0.3, -0.25) is 0 Å². The summed E-state index contributed by atoms with van der Waals surface area (Å²) in [5.74, 6) is -1.47. The molecule has 2 unspecified atom stereocenters. The van der Waals surface area contributed by atoms with Crippen molar-refractivity contribution in [1.29, 1.82) is 0 Å². The van der Waals surface area contributed by atoms with Crippen LogP contribution in [0.3, 0.4) is 0 Å². The van der Waals surface area contributed by atoms with Gasteiger partial charge < -0.3 is 4.74 Å². The van der Waals surface area contributed by atoms with Crippen LogP contribution in [-0.4, -0.2) is 21.7 Å². The summed E-state index contributed by atoms with van der Waals surface area (Å²) in [5, 5.41) is 0. The van der Waals surface area contributed by atoms with Crippen LogP contribution in [0, 0.1) is 0 Å². The summed E-state index contributed by atoms with van der Waals surface area (Å²) in [6.07, 6.45) is 3.94. The Morgan fingerprint density at radius 2 is 1.46 bits per heavy atom. The molecule has 0 bridgehead atoms. The third-order valence-corrected chi connectivity index (χ3v) is 3.78. The van der Waals surface area contributed by atoms with E-state index in [2.05, 4.69) is 4.74 Å². The van der Waals surface area contributed by atoms with E-state index in [1.807, 2.05) is 0 Å². The topological polar surface area (TPSA) is 43.4 Å². The highest BCUT2D eigenvalue weighted by atomic mass is 35.5. The number of allylic oxidation sites excluding steroid dienone is 2. The number of carbonyl (C=O) groups excluding carboxylic acids is 2. The number of rotatable bonds is 0. The van der Waals surface area contributed by atoms with Gasteiger partial charge in [0, 0.05) is 0 Å². The molecule has 1 aliphatic heterocycles. The van der Waals surface area contributed by atoms with Gasteiger partial charge >= 0.3 is 11.9 Å². The van der Waals surface area contributed by atoms with Gasteiger partial charge in [0.25, 0.3) is 0 Å². The van der Waals surface area contributed by atoms with Crippen LogP contribution in [0.2, 0.25) is 0 Å². The molecule has 2 atom stereocenters. The number of cyclic esters (lactones) is 2. The lowest BCUT2D eigenvalue weighted by Crippen LogP contribution is -2.49. The summed E-state index contributed by atoms with van der Waals surface area (Å²) >= 11 is 12.0. The van der Waals surface area contributed by atoms with Crippen molar-refractivity contribution in [3.05, 3.63) is 12.2 Å². The Balaban J connectivity index is 2.54. The third kappa shape index (κ3) is 0.916. The average molecular weight is 221 g/mol. The molecule has 2 aliphatic rings. The minimum absolute atomic E-state index is 0.239. The van der Waals surface area contributed by atoms with E-state index in [9.17, 15) is 9.59 Å². The summed E-state index contributed by atoms with van der Waals surface area (Å²) in [6.45, 7) is 0. The lowest BCUT2D eigenvalue weighted by molar-refractivity contribution is -0.153. The van der Waals surface area contributed by atoms with Gasteiger partial charge in [0.05, 0.1) is 0 Å². The molecule has 5 heteroatoms. The van der Waals surface area contributed by atoms with E-state index in [4.69, 9.17) is 23.2 Å². The summed E-state index contributed by atoms with van der Waals surface area (Å²) in [6, 6.07) is 0. The largest absolute Gasteiger partial charge is 0.390 e. The molecular formula is C8H6Cl2O3. The van der Waals surface area contributed by atoms with E-state index in [-0.39, 0.29) is 12.8 Å². The van der Waals surface area contributed by atoms with Gasteiger partial charge in [-0.25, -0.2) is 9.59 Å². The number of esters is 2. The van der Waals surface area contributed by atoms with Crippen molar-refractivity contribution in [2.45, 2.75) is 22.6 Å². The van der Waals surface area contributed by atoms with Crippen LogP contribution >= 0.6 is 23.2 Å². The molecule has 0 aromatic rings. The van der Waals surface area contributed by atoms with E-state index in [1.165, 1.54) is 0 Å². The minimum Gasteiger partial charge on any atom is -0.390 e. The predicted molar refractivity (Wildman–Crippen MR) is 46.6 cm³/mol. The summed E-state index contributed by atoms with van der Waals surface area (Å²) in [5.41, 5.74) is 0. The van der Waals surface area contributed by atoms with Crippen molar-refractivity contribution in [2.24, 2.45) is 0 Å². The fourth-order valence-electron chi connectivity index (χ4n) is 1.55. The molecule has 0 amide bonds. The Hall–Kier alpha value is -0.540. The van der Waals surface area contributed by atoms with E-state index in [0.29, 0.717) is 0 Å². The van der Waals surface area contributed by atoms with Crippen molar-refractivity contribution in [1.82, 2.24) is 0 Å². The maximum Gasteiger partial charge on any atom is 0.337 e. The first-order valence-electron chi connectivity index (χ1n) is 3.80. The van der Waals surface area contributed by atoms with E-state index in [1.54, 1.807) is 12.2 Å². The summed E-state index contributed by atoms with van der Waals surface area (Å²) < 4.78 is 4.43. The zero-order valence-electron chi connectivity index (χ0n) is 6.55. The van der Waals surface area contributed by atoms with E-state index >= 15 is 0 Å². The first kappa shape index (κ1) is 9.03. The molecule has 0 radical (unpaired) electrons. The molecule has 1 saturated heterocycles. The Morgan fingerprint density at radius 1 is 1.08 bits per heavy atom. The van der Waals surface area contributed by atoms with Crippen LogP contribution < -0.4 is 0 Å². The van der Waals surface area contributed by atoms with Gasteiger partial charge in [0.2, 0.25) is 0 Å². The number of alkyl halides is 2. The fraction of sp³-hybridized carbons (Fsp3) is 0.500. The maximum absolute atomic E-state index is 11.3. The number of fused-ring (bicyclic) bond motifs is 1. The standard InChI is InChI=1S/C8H6Cl2O3/c9-7-3-1-2-4-8(7,10)6(12)13-5(7)11/h1-2H,3-4H2. The van der Waals surface area contributed by atoms with E-state index < -0.39 is 21.7 Å². The quantitative estimate of drug-likeness (QED) is 0.268. The van der Waals surface area contributed by atoms with Crippen molar-refractivity contribution >= 4 is 35.1 Å². The van der Waals surface area contributed by atoms with Crippen molar-refractivity contribution in [2.75, 3.05) is 0 Å². The summed E-state index contributed by atoms with van der Waals surface area (Å²) in [4.78, 5) is 19.7. The fourth-order valence-corrected chi connectivity index (χ4v) is 2.12. The van der Waals surface area contributed by atoms with Crippen LogP contribution in [0.5, 0.6) is 0 Å². The Labute approximate surface area is 84.6 Å². The summed E-state index contributed by atoms with van der Waals surface area (Å²) in [7, 11) is 0. The second kappa shape index (κ2) is 2.49. The number of hydrogen-bond acceptors (Lipinski definition) is 3. The van der Waals surface area contributed by atoms with Gasteiger partial charge in [-0.1, -0.05) is 12.2 Å². The monoisotopic (exact) mass is 220 g/mol. The smallest absolute Gasteiger partial charge is 0.337 e. The van der Waals surface area contributed by atoms with Crippen molar-refractivity contribution in [3.8, 4) is 0 Å². The van der Waals surface area contributed by atoms with E-state index in [0.717, 1.165) is 0 Å². The number of halogens is 2. The van der Waals surface area contributed by atoms with Gasteiger partial charge in [0.1, 0.15) is 0 Å². The van der Waals surface area contributed by atoms with Crippen molar-refractivity contribution < 1.29 is 14.3 Å². The van der Waals surface area contributed by atoms with Gasteiger partial charge in [-0.2, -0.15) is 0 Å². The molecule has 2 rings (SSSR count). The number of carbonyl (C=O) groups is 2. The Kier molecular flexibility index (Phi) is 1.73. The molecule has 1 aliphatic carbocycles. The third-order valence-electron chi connectivity index (χ3n) is 2.43. The molecule has 1 heterocycles. The highest BCUT2D eigenvalue weighted by Gasteiger charge is 2.67. The second-order valence-corrected chi connectivity index (χ2v) is 4.45. The molecule has 0 saturated carbocycles. The lowest BCUT2D eigenvalue weighted by Gasteiger charge is -2.30. The van der Waals surface area contributed by atoms with Crippen molar-refractivity contribution in [3.63, 3.8) is 0 Å². The van der Waals surface area contributed by atoms with Crippen LogP contribution in [0.1, 0.15) is 12.8 Å². The predicted octanol–water partition coefficient (Wildman–Crippen LogP) is 1.37. The van der Waals surface area contributed by atoms with Gasteiger partial charge in [-0.15, -0.1) is 23.2 Å². The first-order valence-corrected chi connectivity index (χ1v) is 4.56. The molecular weight excluding hydrogens is 215 g/mol.